The first kappa shape index (κ1) is 50.9. The molecule has 6 aromatic carbocycles. The van der Waals surface area contributed by atoms with Crippen molar-refractivity contribution in [2.75, 3.05) is 14.7 Å². The van der Waals surface area contributed by atoms with E-state index in [0.717, 1.165) is 6.42 Å². The van der Waals surface area contributed by atoms with Crippen LogP contribution in [0.4, 0.5) is 45.5 Å². The lowest BCUT2D eigenvalue weighted by molar-refractivity contribution is 0.195. The van der Waals surface area contributed by atoms with Crippen molar-refractivity contribution in [1.82, 2.24) is 0 Å². The number of aryl methyl sites for hydroxylation is 1. The molecule has 3 nitrogen and oxygen atoms in total. The minimum atomic E-state index is -0.115. The van der Waals surface area contributed by atoms with Crippen molar-refractivity contribution in [3.63, 3.8) is 0 Å². The second-order valence-electron chi connectivity index (χ2n) is 30.3. The molecule has 5 heteroatoms. The summed E-state index contributed by atoms with van der Waals surface area (Å²) >= 11 is 2.10. The Morgan fingerprint density at radius 1 is 0.526 bits per heavy atom. The quantitative estimate of drug-likeness (QED) is 0.163. The third-order valence-corrected chi connectivity index (χ3v) is 23.8. The van der Waals surface area contributed by atoms with E-state index in [4.69, 9.17) is 0 Å². The average Bonchev–Trinajstić information content (AvgIpc) is 3.79. The van der Waals surface area contributed by atoms with Crippen LogP contribution in [-0.2, 0) is 32.5 Å². The number of fused-ring (bicyclic) bond motifs is 12. The minimum Gasteiger partial charge on any atom is -0.334 e. The number of nitrogens with zero attached hydrogens (tertiary/aromatic N) is 3. The molecule has 0 spiro atoms. The fourth-order valence-corrected chi connectivity index (χ4v) is 18.4. The van der Waals surface area contributed by atoms with E-state index in [2.05, 4.69) is 234 Å². The molecule has 7 aliphatic rings. The van der Waals surface area contributed by atoms with Crippen LogP contribution in [0.5, 0.6) is 0 Å². The van der Waals surface area contributed by atoms with Crippen LogP contribution < -0.4 is 30.4 Å². The lowest BCUT2D eigenvalue weighted by Gasteiger charge is -2.51. The molecule has 1 fully saturated rings. The Labute approximate surface area is 473 Å². The number of para-hydroxylation sites is 1. The summed E-state index contributed by atoms with van der Waals surface area (Å²) in [5.41, 5.74) is 27.2. The van der Waals surface area contributed by atoms with E-state index in [9.17, 15) is 0 Å². The molecule has 4 heterocycles. The first-order chi connectivity index (χ1) is 36.7. The topological polar surface area (TPSA) is 9.72 Å². The molecular formula is C73H86BN3S. The van der Waals surface area contributed by atoms with Crippen molar-refractivity contribution in [2.45, 2.75) is 225 Å². The summed E-state index contributed by atoms with van der Waals surface area (Å²) in [5.74, 6) is 1.08. The average molecular weight is 1050 g/mol. The highest BCUT2D eigenvalue weighted by atomic mass is 32.1. The van der Waals surface area contributed by atoms with Gasteiger partial charge < -0.3 is 14.7 Å². The van der Waals surface area contributed by atoms with E-state index in [1.165, 1.54) is 168 Å². The number of benzene rings is 6. The van der Waals surface area contributed by atoms with Gasteiger partial charge in [-0.3, -0.25) is 0 Å². The second kappa shape index (κ2) is 16.4. The van der Waals surface area contributed by atoms with Crippen LogP contribution in [0.15, 0.2) is 97.1 Å². The van der Waals surface area contributed by atoms with Gasteiger partial charge in [0.1, 0.15) is 0 Å². The smallest absolute Gasteiger partial charge is 0.264 e. The summed E-state index contributed by atoms with van der Waals surface area (Å²) in [6.07, 6.45) is 12.1. The summed E-state index contributed by atoms with van der Waals surface area (Å²) < 4.78 is 2.92. The lowest BCUT2D eigenvalue weighted by Crippen LogP contribution is -2.61. The van der Waals surface area contributed by atoms with Gasteiger partial charge in [-0.25, -0.2) is 0 Å². The van der Waals surface area contributed by atoms with E-state index in [1.807, 2.05) is 0 Å². The van der Waals surface area contributed by atoms with Gasteiger partial charge in [-0.1, -0.05) is 152 Å². The number of thiophene rings is 1. The Kier molecular flexibility index (Phi) is 10.7. The Hall–Kier alpha value is -5.26. The molecule has 4 atom stereocenters. The van der Waals surface area contributed by atoms with E-state index >= 15 is 0 Å². The van der Waals surface area contributed by atoms with Crippen LogP contribution in [0.25, 0.3) is 10.1 Å². The van der Waals surface area contributed by atoms with Gasteiger partial charge in [0.25, 0.3) is 6.71 Å². The van der Waals surface area contributed by atoms with E-state index in [0.29, 0.717) is 11.8 Å². The van der Waals surface area contributed by atoms with Gasteiger partial charge in [0.2, 0.25) is 0 Å². The van der Waals surface area contributed by atoms with E-state index < -0.39 is 0 Å². The number of hydrogen-bond donors (Lipinski definition) is 0. The van der Waals surface area contributed by atoms with Gasteiger partial charge in [-0.05, 0) is 220 Å². The third-order valence-electron chi connectivity index (χ3n) is 22.6. The fourth-order valence-electron chi connectivity index (χ4n) is 17.1. The normalized spacial score (nSPS) is 25.6. The van der Waals surface area contributed by atoms with Crippen molar-refractivity contribution in [3.05, 3.63) is 147 Å². The summed E-state index contributed by atoms with van der Waals surface area (Å²) in [6.45, 7) is 39.9. The van der Waals surface area contributed by atoms with Gasteiger partial charge in [0.15, 0.2) is 0 Å². The second-order valence-corrected chi connectivity index (χ2v) is 31.4. The van der Waals surface area contributed by atoms with Gasteiger partial charge in [0.05, 0.1) is 11.2 Å². The molecule has 0 amide bonds. The summed E-state index contributed by atoms with van der Waals surface area (Å²) in [5, 5.41) is 1.42. The zero-order valence-corrected chi connectivity index (χ0v) is 51.1. The molecule has 1 aromatic heterocycles. The van der Waals surface area contributed by atoms with Crippen LogP contribution in [-0.4, -0.2) is 12.3 Å². The zero-order chi connectivity index (χ0) is 54.8. The maximum absolute atomic E-state index is 2.87. The molecule has 14 rings (SSSR count). The number of hydrogen-bond acceptors (Lipinski definition) is 4. The predicted octanol–water partition coefficient (Wildman–Crippen LogP) is 19.0. The first-order valence-electron chi connectivity index (χ1n) is 30.5. The van der Waals surface area contributed by atoms with Gasteiger partial charge >= 0.3 is 0 Å². The first-order valence-corrected chi connectivity index (χ1v) is 31.3. The highest BCUT2D eigenvalue weighted by molar-refractivity contribution is 7.33. The van der Waals surface area contributed by atoms with Crippen LogP contribution >= 0.6 is 11.3 Å². The van der Waals surface area contributed by atoms with Gasteiger partial charge in [0, 0.05) is 60.1 Å². The monoisotopic (exact) mass is 1050 g/mol. The molecule has 402 valence electrons. The SMILES string of the molecule is Cc1cc2c(cc1N1c3cc(C(C)(C)C)ccc3B3c4sc5cc6c(cc5c4N(c4ccc5c(c4)C(C)(C)CCC5(C)C)c4cc(N5c7ccccc7C7(C)CCCCC57C)cc1c43)C(C)CCC6C)C(C)(C)CCC2(C)C. The zero-order valence-electron chi connectivity index (χ0n) is 50.3. The maximum Gasteiger partial charge on any atom is 0.264 e. The number of rotatable bonds is 3. The van der Waals surface area contributed by atoms with Crippen molar-refractivity contribution in [1.29, 1.82) is 0 Å². The van der Waals surface area contributed by atoms with Gasteiger partial charge in [-0.2, -0.15) is 0 Å². The standard InChI is InChI=1S/C73H86BN3S/c1-43-23-24-44(2)50-41-63-51(40-49(43)50)65-66(78-63)74-57-28-25-46(67(4,5)6)36-60(57)76(59-42-56-54(35-45(59)3)69(9,10)33-34-71(56,13)14)62-39-48(77-58-22-18-17-21-53(58)72(15)29-19-20-30-73(72,77)16)38-61(64(62)74)75(65)47-26-27-52-55(37-47)70(11,12)32-31-68(52,7)8/h17-18,21-22,25-28,35-44H,19-20,23-24,29-34H2,1-16H3. The minimum absolute atomic E-state index is 0.0130. The Morgan fingerprint density at radius 3 is 1.81 bits per heavy atom. The Balaban J connectivity index is 1.15. The van der Waals surface area contributed by atoms with Crippen LogP contribution in [0.1, 0.15) is 230 Å². The fraction of sp³-hybridized carbons (Fsp3) is 0.479. The molecule has 4 aliphatic carbocycles. The molecule has 0 saturated heterocycles. The predicted molar refractivity (Wildman–Crippen MR) is 339 cm³/mol. The number of anilines is 8. The van der Waals surface area contributed by atoms with Crippen LogP contribution in [0.2, 0.25) is 0 Å². The Bertz CT molecular complexity index is 3710. The van der Waals surface area contributed by atoms with Crippen LogP contribution in [0, 0.1) is 6.92 Å². The molecule has 0 radical (unpaired) electrons. The highest BCUT2D eigenvalue weighted by Gasteiger charge is 2.58. The van der Waals surface area contributed by atoms with E-state index in [-0.39, 0.29) is 44.7 Å². The molecule has 3 aliphatic heterocycles. The van der Waals surface area contributed by atoms with Gasteiger partial charge in [-0.15, -0.1) is 11.3 Å². The molecular weight excluding hydrogens is 962 g/mol. The lowest BCUT2D eigenvalue weighted by atomic mass is 9.36. The Morgan fingerprint density at radius 2 is 1.13 bits per heavy atom. The molecule has 0 bridgehead atoms. The maximum atomic E-state index is 2.87. The van der Waals surface area contributed by atoms with Crippen molar-refractivity contribution in [2.24, 2.45) is 0 Å². The third kappa shape index (κ3) is 6.94. The largest absolute Gasteiger partial charge is 0.334 e. The molecule has 0 N–H and O–H groups in total. The summed E-state index contributed by atoms with van der Waals surface area (Å²) in [7, 11) is 0. The van der Waals surface area contributed by atoms with E-state index in [1.54, 1.807) is 11.1 Å². The molecule has 7 aromatic rings. The molecule has 1 saturated carbocycles. The summed E-state index contributed by atoms with van der Waals surface area (Å²) in [6, 6.07) is 41.0. The summed E-state index contributed by atoms with van der Waals surface area (Å²) in [4.78, 5) is 8.50. The molecule has 4 unspecified atom stereocenters. The molecule has 78 heavy (non-hydrogen) atoms. The van der Waals surface area contributed by atoms with Crippen molar-refractivity contribution in [3.8, 4) is 0 Å². The van der Waals surface area contributed by atoms with Crippen molar-refractivity contribution < 1.29 is 0 Å². The van der Waals surface area contributed by atoms with Crippen molar-refractivity contribution >= 4 is 89.3 Å². The highest BCUT2D eigenvalue weighted by Crippen LogP contribution is 2.63. The van der Waals surface area contributed by atoms with Crippen LogP contribution in [0.3, 0.4) is 0 Å².